The van der Waals surface area contributed by atoms with Gasteiger partial charge in [-0.25, -0.2) is 9.97 Å². The standard InChI is InChI=1S/C24H26N4O2/c1-30-19-12-10-18(11-13-19)20-16-26-24(25)27-23(20)21-8-5-15-28(21)22(29)14-9-17-6-3-2-4-7-17/h2-4,6-7,10-13,16,21H,5,8-9,14-15H2,1H3,(H2,25,26,27)/t21-/m0/s1. The van der Waals surface area contributed by atoms with E-state index in [-0.39, 0.29) is 17.9 Å². The molecule has 0 spiro atoms. The summed E-state index contributed by atoms with van der Waals surface area (Å²) in [6.07, 6.45) is 4.80. The van der Waals surface area contributed by atoms with Crippen molar-refractivity contribution in [3.8, 4) is 16.9 Å². The van der Waals surface area contributed by atoms with Gasteiger partial charge in [-0.2, -0.15) is 0 Å². The number of anilines is 1. The van der Waals surface area contributed by atoms with Gasteiger partial charge < -0.3 is 15.4 Å². The molecule has 6 nitrogen and oxygen atoms in total. The lowest BCUT2D eigenvalue weighted by Crippen LogP contribution is -2.31. The van der Waals surface area contributed by atoms with E-state index in [1.807, 2.05) is 47.4 Å². The van der Waals surface area contributed by atoms with Gasteiger partial charge in [0, 0.05) is 24.7 Å². The van der Waals surface area contributed by atoms with Crippen molar-refractivity contribution in [2.45, 2.75) is 31.7 Å². The molecule has 1 fully saturated rings. The van der Waals surface area contributed by atoms with Gasteiger partial charge in [0.2, 0.25) is 11.9 Å². The van der Waals surface area contributed by atoms with Crippen LogP contribution in [0.4, 0.5) is 5.95 Å². The zero-order valence-corrected chi connectivity index (χ0v) is 17.1. The molecule has 1 atom stereocenters. The summed E-state index contributed by atoms with van der Waals surface area (Å²) in [5, 5.41) is 0. The van der Waals surface area contributed by atoms with Gasteiger partial charge in [0.15, 0.2) is 0 Å². The van der Waals surface area contributed by atoms with Crippen molar-refractivity contribution in [1.82, 2.24) is 14.9 Å². The number of nitrogens with zero attached hydrogens (tertiary/aromatic N) is 3. The Hall–Kier alpha value is -3.41. The zero-order chi connectivity index (χ0) is 20.9. The SMILES string of the molecule is COc1ccc(-c2cnc(N)nc2[C@@H]2CCCN2C(=O)CCc2ccccc2)cc1. The average Bonchev–Trinajstić information content (AvgIpc) is 3.28. The molecule has 1 amide bonds. The Kier molecular flexibility index (Phi) is 5.93. The van der Waals surface area contributed by atoms with Crippen LogP contribution in [0.15, 0.2) is 60.8 Å². The van der Waals surface area contributed by atoms with Crippen molar-refractivity contribution in [1.29, 1.82) is 0 Å². The number of amides is 1. The number of nitrogens with two attached hydrogens (primary N) is 1. The van der Waals surface area contributed by atoms with Crippen LogP contribution in [-0.2, 0) is 11.2 Å². The number of aromatic nitrogens is 2. The number of carbonyl (C=O) groups excluding carboxylic acids is 1. The Morgan fingerprint density at radius 1 is 1.17 bits per heavy atom. The Morgan fingerprint density at radius 2 is 1.93 bits per heavy atom. The number of hydrogen-bond donors (Lipinski definition) is 1. The number of methoxy groups -OCH3 is 1. The minimum Gasteiger partial charge on any atom is -0.497 e. The minimum absolute atomic E-state index is 0.0873. The molecule has 1 saturated heterocycles. The summed E-state index contributed by atoms with van der Waals surface area (Å²) < 4.78 is 5.26. The van der Waals surface area contributed by atoms with Gasteiger partial charge in [-0.15, -0.1) is 0 Å². The molecule has 30 heavy (non-hydrogen) atoms. The van der Waals surface area contributed by atoms with Crippen molar-refractivity contribution in [3.05, 3.63) is 72.1 Å². The number of likely N-dealkylation sites (tertiary alicyclic amines) is 1. The Labute approximate surface area is 176 Å². The molecule has 0 saturated carbocycles. The third-order valence-electron chi connectivity index (χ3n) is 5.60. The second-order valence-corrected chi connectivity index (χ2v) is 7.49. The van der Waals surface area contributed by atoms with Crippen LogP contribution in [0.5, 0.6) is 5.75 Å². The number of benzene rings is 2. The third-order valence-corrected chi connectivity index (χ3v) is 5.60. The minimum atomic E-state index is -0.0873. The van der Waals surface area contributed by atoms with Crippen LogP contribution in [0.3, 0.4) is 0 Å². The second-order valence-electron chi connectivity index (χ2n) is 7.49. The highest BCUT2D eigenvalue weighted by atomic mass is 16.5. The molecule has 2 N–H and O–H groups in total. The maximum Gasteiger partial charge on any atom is 0.223 e. The monoisotopic (exact) mass is 402 g/mol. The van der Waals surface area contributed by atoms with E-state index in [9.17, 15) is 4.79 Å². The molecular weight excluding hydrogens is 376 g/mol. The fourth-order valence-electron chi connectivity index (χ4n) is 4.05. The first-order valence-corrected chi connectivity index (χ1v) is 10.3. The maximum atomic E-state index is 13.1. The van der Waals surface area contributed by atoms with Gasteiger partial charge in [-0.1, -0.05) is 42.5 Å². The van der Waals surface area contributed by atoms with E-state index in [0.29, 0.717) is 6.42 Å². The predicted molar refractivity (Wildman–Crippen MR) is 117 cm³/mol. The zero-order valence-electron chi connectivity index (χ0n) is 17.1. The van der Waals surface area contributed by atoms with Gasteiger partial charge >= 0.3 is 0 Å². The number of aryl methyl sites for hydroxylation is 1. The highest BCUT2D eigenvalue weighted by Crippen LogP contribution is 2.37. The molecule has 6 heteroatoms. The quantitative estimate of drug-likeness (QED) is 0.673. The van der Waals surface area contributed by atoms with Crippen LogP contribution >= 0.6 is 0 Å². The van der Waals surface area contributed by atoms with Gasteiger partial charge in [0.05, 0.1) is 18.8 Å². The lowest BCUT2D eigenvalue weighted by molar-refractivity contribution is -0.132. The number of ether oxygens (including phenoxy) is 1. The number of hydrogen-bond acceptors (Lipinski definition) is 5. The van der Waals surface area contributed by atoms with E-state index in [1.54, 1.807) is 13.3 Å². The highest BCUT2D eigenvalue weighted by molar-refractivity contribution is 5.78. The molecule has 0 unspecified atom stereocenters. The summed E-state index contributed by atoms with van der Waals surface area (Å²) in [6.45, 7) is 0.740. The lowest BCUT2D eigenvalue weighted by Gasteiger charge is -2.26. The molecular formula is C24H26N4O2. The summed E-state index contributed by atoms with van der Waals surface area (Å²) in [7, 11) is 1.64. The van der Waals surface area contributed by atoms with Gasteiger partial charge in [-0.05, 0) is 42.5 Å². The van der Waals surface area contributed by atoms with Crippen LogP contribution in [0.25, 0.3) is 11.1 Å². The smallest absolute Gasteiger partial charge is 0.223 e. The molecule has 0 bridgehead atoms. The van der Waals surface area contributed by atoms with Crippen molar-refractivity contribution in [2.24, 2.45) is 0 Å². The molecule has 0 aliphatic carbocycles. The highest BCUT2D eigenvalue weighted by Gasteiger charge is 2.32. The van der Waals surface area contributed by atoms with Crippen LogP contribution in [0.2, 0.25) is 0 Å². The largest absolute Gasteiger partial charge is 0.497 e. The second kappa shape index (κ2) is 8.95. The van der Waals surface area contributed by atoms with Crippen LogP contribution in [0.1, 0.15) is 36.6 Å². The number of carbonyl (C=O) groups is 1. The van der Waals surface area contributed by atoms with E-state index in [0.717, 1.165) is 48.4 Å². The van der Waals surface area contributed by atoms with Crippen LogP contribution in [-0.4, -0.2) is 34.4 Å². The molecule has 0 radical (unpaired) electrons. The van der Waals surface area contributed by atoms with Crippen molar-refractivity contribution < 1.29 is 9.53 Å². The first-order valence-electron chi connectivity index (χ1n) is 10.3. The van der Waals surface area contributed by atoms with Gasteiger partial charge in [0.1, 0.15) is 5.75 Å². The summed E-state index contributed by atoms with van der Waals surface area (Å²) in [5.74, 6) is 1.17. The lowest BCUT2D eigenvalue weighted by atomic mass is 9.99. The van der Waals surface area contributed by atoms with E-state index in [4.69, 9.17) is 10.5 Å². The first kappa shape index (κ1) is 19.9. The molecule has 4 rings (SSSR count). The van der Waals surface area contributed by atoms with E-state index in [1.165, 1.54) is 5.56 Å². The average molecular weight is 402 g/mol. The topological polar surface area (TPSA) is 81.3 Å². The summed E-state index contributed by atoms with van der Waals surface area (Å²) in [6, 6.07) is 17.8. The summed E-state index contributed by atoms with van der Waals surface area (Å²) >= 11 is 0. The molecule has 1 aliphatic heterocycles. The first-order chi connectivity index (χ1) is 14.7. The molecule has 1 aliphatic rings. The van der Waals surface area contributed by atoms with E-state index < -0.39 is 0 Å². The van der Waals surface area contributed by atoms with Crippen molar-refractivity contribution in [2.75, 3.05) is 19.4 Å². The Morgan fingerprint density at radius 3 is 2.67 bits per heavy atom. The molecule has 2 heterocycles. The van der Waals surface area contributed by atoms with Crippen molar-refractivity contribution >= 4 is 11.9 Å². The summed E-state index contributed by atoms with van der Waals surface area (Å²) in [5.41, 5.74) is 9.80. The van der Waals surface area contributed by atoms with Crippen LogP contribution < -0.4 is 10.5 Å². The number of nitrogen functional groups attached to an aromatic ring is 1. The third kappa shape index (κ3) is 4.27. The van der Waals surface area contributed by atoms with Gasteiger partial charge in [-0.3, -0.25) is 4.79 Å². The van der Waals surface area contributed by atoms with Crippen LogP contribution in [0, 0.1) is 0 Å². The molecule has 154 valence electrons. The fourth-order valence-corrected chi connectivity index (χ4v) is 4.05. The van der Waals surface area contributed by atoms with E-state index in [2.05, 4.69) is 22.1 Å². The summed E-state index contributed by atoms with van der Waals surface area (Å²) in [4.78, 5) is 23.8. The Balaban J connectivity index is 1.58. The van der Waals surface area contributed by atoms with Gasteiger partial charge in [0.25, 0.3) is 0 Å². The van der Waals surface area contributed by atoms with E-state index >= 15 is 0 Å². The van der Waals surface area contributed by atoms with Crippen molar-refractivity contribution in [3.63, 3.8) is 0 Å². The molecule has 1 aromatic heterocycles. The maximum absolute atomic E-state index is 13.1. The normalized spacial score (nSPS) is 15.9. The molecule has 3 aromatic rings. The predicted octanol–water partition coefficient (Wildman–Crippen LogP) is 4.03. The fraction of sp³-hybridized carbons (Fsp3) is 0.292. The number of rotatable bonds is 6. The Bertz CT molecular complexity index is 1010. The molecule has 2 aromatic carbocycles.